The molecule has 0 fully saturated rings. The summed E-state index contributed by atoms with van der Waals surface area (Å²) in [5.41, 5.74) is 8.53. The molecule has 3 nitrogen and oxygen atoms in total. The highest BCUT2D eigenvalue weighted by atomic mass is 32.2. The van der Waals surface area contributed by atoms with E-state index in [-0.39, 0.29) is 6.04 Å². The van der Waals surface area contributed by atoms with E-state index < -0.39 is 0 Å². The van der Waals surface area contributed by atoms with Crippen LogP contribution < -0.4 is 5.73 Å². The van der Waals surface area contributed by atoms with E-state index in [9.17, 15) is 0 Å². The Morgan fingerprint density at radius 1 is 1.47 bits per heavy atom. The molecule has 0 radical (unpaired) electrons. The number of hydrogen-bond donors (Lipinski definition) is 1. The average molecular weight is 255 g/mol. The van der Waals surface area contributed by atoms with E-state index in [1.807, 2.05) is 18.7 Å². The van der Waals surface area contributed by atoms with Gasteiger partial charge in [-0.1, -0.05) is 13.8 Å². The number of nitrogens with zero attached hydrogens (tertiary/aromatic N) is 2. The predicted octanol–water partition coefficient (Wildman–Crippen LogP) is 2.61. The first kappa shape index (κ1) is 14.6. The maximum atomic E-state index is 6.18. The van der Waals surface area contributed by atoms with Crippen molar-refractivity contribution in [1.29, 1.82) is 0 Å². The fourth-order valence-corrected chi connectivity index (χ4v) is 2.70. The largest absolute Gasteiger partial charge is 0.327 e. The lowest BCUT2D eigenvalue weighted by atomic mass is 10.2. The van der Waals surface area contributed by atoms with E-state index in [2.05, 4.69) is 36.6 Å². The Bertz CT molecular complexity index is 335. The van der Waals surface area contributed by atoms with Gasteiger partial charge in [-0.2, -0.15) is 16.9 Å². The lowest BCUT2D eigenvalue weighted by molar-refractivity contribution is 0.594. The molecule has 17 heavy (non-hydrogen) atoms. The second kappa shape index (κ2) is 7.07. The van der Waals surface area contributed by atoms with Crippen LogP contribution in [0.1, 0.15) is 38.6 Å². The van der Waals surface area contributed by atoms with Crippen LogP contribution in [0, 0.1) is 6.92 Å². The number of aryl methyl sites for hydroxylation is 2. The van der Waals surface area contributed by atoms with E-state index in [0.717, 1.165) is 24.4 Å². The molecule has 4 heteroatoms. The van der Waals surface area contributed by atoms with Gasteiger partial charge < -0.3 is 5.73 Å². The summed E-state index contributed by atoms with van der Waals surface area (Å²) in [7, 11) is 0. The summed E-state index contributed by atoms with van der Waals surface area (Å²) in [6.07, 6.45) is 2.14. The summed E-state index contributed by atoms with van der Waals surface area (Å²) in [4.78, 5) is 0. The first-order chi connectivity index (χ1) is 8.06. The molecule has 1 aromatic rings. The van der Waals surface area contributed by atoms with E-state index in [1.54, 1.807) is 0 Å². The van der Waals surface area contributed by atoms with E-state index >= 15 is 0 Å². The van der Waals surface area contributed by atoms with Crippen LogP contribution in [0.2, 0.25) is 0 Å². The minimum absolute atomic E-state index is 0.232. The van der Waals surface area contributed by atoms with Crippen molar-refractivity contribution in [2.24, 2.45) is 5.73 Å². The van der Waals surface area contributed by atoms with Crippen LogP contribution in [0.15, 0.2) is 6.07 Å². The maximum absolute atomic E-state index is 6.18. The number of thioether (sulfide) groups is 1. The number of rotatable bonds is 7. The molecule has 0 aromatic carbocycles. The molecular formula is C13H25N3S. The SMILES string of the molecule is CCC(C)SCC(N)Cc1cc(C)nn1CC. The molecule has 0 saturated carbocycles. The van der Waals surface area contributed by atoms with Crippen LogP contribution in [0.25, 0.3) is 0 Å². The lowest BCUT2D eigenvalue weighted by Gasteiger charge is -2.14. The number of hydrogen-bond acceptors (Lipinski definition) is 3. The Morgan fingerprint density at radius 2 is 2.18 bits per heavy atom. The first-order valence-corrected chi connectivity index (χ1v) is 7.52. The topological polar surface area (TPSA) is 43.8 Å². The summed E-state index contributed by atoms with van der Waals surface area (Å²) in [6.45, 7) is 9.56. The number of aromatic nitrogens is 2. The predicted molar refractivity (Wildman–Crippen MR) is 76.5 cm³/mol. The molecular weight excluding hydrogens is 230 g/mol. The van der Waals surface area contributed by atoms with Crippen LogP contribution in [-0.4, -0.2) is 26.8 Å². The van der Waals surface area contributed by atoms with Gasteiger partial charge in [0.25, 0.3) is 0 Å². The van der Waals surface area contributed by atoms with Gasteiger partial charge in [0.1, 0.15) is 0 Å². The minimum Gasteiger partial charge on any atom is -0.327 e. The molecule has 2 N–H and O–H groups in total. The van der Waals surface area contributed by atoms with Crippen LogP contribution >= 0.6 is 11.8 Å². The van der Waals surface area contributed by atoms with Gasteiger partial charge in [-0.05, 0) is 26.3 Å². The lowest BCUT2D eigenvalue weighted by Crippen LogP contribution is -2.27. The average Bonchev–Trinajstić information content (AvgIpc) is 2.66. The quantitative estimate of drug-likeness (QED) is 0.814. The van der Waals surface area contributed by atoms with Crippen molar-refractivity contribution in [1.82, 2.24) is 9.78 Å². The van der Waals surface area contributed by atoms with Crippen LogP contribution in [0.5, 0.6) is 0 Å². The zero-order chi connectivity index (χ0) is 12.8. The Kier molecular flexibility index (Phi) is 6.06. The molecule has 0 saturated heterocycles. The van der Waals surface area contributed by atoms with Crippen molar-refractivity contribution < 1.29 is 0 Å². The highest BCUT2D eigenvalue weighted by molar-refractivity contribution is 7.99. The van der Waals surface area contributed by atoms with Crippen molar-refractivity contribution in [3.8, 4) is 0 Å². The second-order valence-corrected chi connectivity index (χ2v) is 6.08. The van der Waals surface area contributed by atoms with E-state index in [0.29, 0.717) is 5.25 Å². The highest BCUT2D eigenvalue weighted by Gasteiger charge is 2.11. The van der Waals surface area contributed by atoms with Crippen molar-refractivity contribution >= 4 is 11.8 Å². The molecule has 1 rings (SSSR count). The van der Waals surface area contributed by atoms with Crippen LogP contribution in [0.3, 0.4) is 0 Å². The Hall–Kier alpha value is -0.480. The molecule has 0 aliphatic heterocycles. The Labute approximate surface area is 109 Å². The van der Waals surface area contributed by atoms with Crippen molar-refractivity contribution in [3.63, 3.8) is 0 Å². The van der Waals surface area contributed by atoms with Crippen LogP contribution in [0.4, 0.5) is 0 Å². The zero-order valence-corrected chi connectivity index (χ0v) is 12.3. The zero-order valence-electron chi connectivity index (χ0n) is 11.4. The van der Waals surface area contributed by atoms with Gasteiger partial charge in [-0.15, -0.1) is 0 Å². The normalized spacial score (nSPS) is 14.9. The second-order valence-electron chi connectivity index (χ2n) is 4.61. The summed E-state index contributed by atoms with van der Waals surface area (Å²) >= 11 is 1.97. The maximum Gasteiger partial charge on any atom is 0.0596 e. The highest BCUT2D eigenvalue weighted by Crippen LogP contribution is 2.16. The molecule has 2 unspecified atom stereocenters. The van der Waals surface area contributed by atoms with Crippen molar-refractivity contribution in [3.05, 3.63) is 17.5 Å². The molecule has 98 valence electrons. The molecule has 0 spiro atoms. The van der Waals surface area contributed by atoms with Gasteiger partial charge in [-0.3, -0.25) is 4.68 Å². The van der Waals surface area contributed by atoms with Crippen LogP contribution in [-0.2, 0) is 13.0 Å². The smallest absolute Gasteiger partial charge is 0.0596 e. The Morgan fingerprint density at radius 3 is 2.76 bits per heavy atom. The minimum atomic E-state index is 0.232. The third-order valence-electron chi connectivity index (χ3n) is 2.93. The van der Waals surface area contributed by atoms with Gasteiger partial charge in [0, 0.05) is 35.7 Å². The summed E-state index contributed by atoms with van der Waals surface area (Å²) in [5, 5.41) is 5.16. The molecule has 0 bridgehead atoms. The van der Waals surface area contributed by atoms with Gasteiger partial charge in [0.15, 0.2) is 0 Å². The number of nitrogens with two attached hydrogens (primary N) is 1. The Balaban J connectivity index is 2.46. The third kappa shape index (κ3) is 4.72. The fourth-order valence-electron chi connectivity index (χ4n) is 1.77. The molecule has 1 heterocycles. The van der Waals surface area contributed by atoms with Crippen molar-refractivity contribution in [2.45, 2.75) is 58.4 Å². The fraction of sp³-hybridized carbons (Fsp3) is 0.769. The molecule has 0 aliphatic rings. The standard InChI is InChI=1S/C13H25N3S/c1-5-11(4)17-9-12(14)8-13-7-10(3)15-16(13)6-2/h7,11-12H,5-6,8-9,14H2,1-4H3. The van der Waals surface area contributed by atoms with E-state index in [4.69, 9.17) is 5.73 Å². The van der Waals surface area contributed by atoms with Gasteiger partial charge in [0.2, 0.25) is 0 Å². The van der Waals surface area contributed by atoms with Gasteiger partial charge >= 0.3 is 0 Å². The first-order valence-electron chi connectivity index (χ1n) is 6.47. The summed E-state index contributed by atoms with van der Waals surface area (Å²) in [5.74, 6) is 1.03. The molecule has 0 amide bonds. The third-order valence-corrected chi connectivity index (χ3v) is 4.45. The molecule has 1 aromatic heterocycles. The van der Waals surface area contributed by atoms with Gasteiger partial charge in [0.05, 0.1) is 5.69 Å². The van der Waals surface area contributed by atoms with Crippen molar-refractivity contribution in [2.75, 3.05) is 5.75 Å². The summed E-state index contributed by atoms with van der Waals surface area (Å²) < 4.78 is 2.06. The monoisotopic (exact) mass is 255 g/mol. The van der Waals surface area contributed by atoms with Gasteiger partial charge in [-0.25, -0.2) is 0 Å². The van der Waals surface area contributed by atoms with E-state index in [1.165, 1.54) is 12.1 Å². The molecule has 2 atom stereocenters. The molecule has 0 aliphatic carbocycles. The summed E-state index contributed by atoms with van der Waals surface area (Å²) in [6, 6.07) is 2.38.